The molecule has 150 valence electrons. The first-order chi connectivity index (χ1) is 13.9. The van der Waals surface area contributed by atoms with Gasteiger partial charge < -0.3 is 14.8 Å². The average Bonchev–Trinajstić information content (AvgIpc) is 2.73. The summed E-state index contributed by atoms with van der Waals surface area (Å²) in [6.45, 7) is 3.52. The van der Waals surface area contributed by atoms with Crippen LogP contribution in [0.3, 0.4) is 0 Å². The van der Waals surface area contributed by atoms with Gasteiger partial charge >= 0.3 is 12.0 Å². The van der Waals surface area contributed by atoms with Gasteiger partial charge in [0.05, 0.1) is 11.6 Å². The van der Waals surface area contributed by atoms with Crippen LogP contribution in [0, 0.1) is 11.3 Å². The van der Waals surface area contributed by atoms with E-state index in [4.69, 9.17) is 14.7 Å². The van der Waals surface area contributed by atoms with Crippen LogP contribution >= 0.6 is 0 Å². The molecule has 2 N–H and O–H groups in total. The zero-order valence-corrected chi connectivity index (χ0v) is 16.0. The highest BCUT2D eigenvalue weighted by Gasteiger charge is 2.29. The zero-order valence-electron chi connectivity index (χ0n) is 16.0. The lowest BCUT2D eigenvalue weighted by Crippen LogP contribution is -2.43. The first-order valence-electron chi connectivity index (χ1n) is 8.95. The first-order valence-corrected chi connectivity index (χ1v) is 8.95. The van der Waals surface area contributed by atoms with Gasteiger partial charge in [0, 0.05) is 12.1 Å². The van der Waals surface area contributed by atoms with Crippen LogP contribution in [0.15, 0.2) is 54.6 Å². The maximum absolute atomic E-state index is 12.5. The molecular weight excluding hydrogens is 374 g/mol. The van der Waals surface area contributed by atoms with Crippen LogP contribution in [0.1, 0.15) is 31.1 Å². The minimum absolute atomic E-state index is 0.338. The fraction of sp³-hybridized carbons (Fsp3) is 0.238. The highest BCUT2D eigenvalue weighted by Crippen LogP contribution is 2.20. The van der Waals surface area contributed by atoms with E-state index in [2.05, 4.69) is 10.6 Å². The van der Waals surface area contributed by atoms with Crippen molar-refractivity contribution in [2.45, 2.75) is 26.1 Å². The number of benzene rings is 2. The molecule has 0 spiro atoms. The fourth-order valence-electron chi connectivity index (χ4n) is 2.36. The van der Waals surface area contributed by atoms with Crippen molar-refractivity contribution in [2.24, 2.45) is 0 Å². The van der Waals surface area contributed by atoms with E-state index >= 15 is 0 Å². The van der Waals surface area contributed by atoms with E-state index < -0.39 is 30.1 Å². The maximum Gasteiger partial charge on any atom is 0.348 e. The molecule has 29 heavy (non-hydrogen) atoms. The number of urea groups is 1. The summed E-state index contributed by atoms with van der Waals surface area (Å²) in [6, 6.07) is 15.9. The topological polar surface area (TPSA) is 118 Å². The minimum atomic E-state index is -1.32. The van der Waals surface area contributed by atoms with Crippen molar-refractivity contribution in [3.63, 3.8) is 0 Å². The molecule has 2 aromatic rings. The van der Waals surface area contributed by atoms with Crippen LogP contribution in [-0.2, 0) is 14.3 Å². The number of carbonyl (C=O) groups is 3. The quantitative estimate of drug-likeness (QED) is 0.696. The number of esters is 1. The van der Waals surface area contributed by atoms with Gasteiger partial charge in [0.25, 0.3) is 5.91 Å². The Labute approximate surface area is 168 Å². The molecule has 2 atom stereocenters. The molecule has 0 aliphatic rings. The predicted octanol–water partition coefficient (Wildman–Crippen LogP) is 2.46. The van der Waals surface area contributed by atoms with E-state index in [1.807, 2.05) is 6.07 Å². The van der Waals surface area contributed by atoms with Crippen molar-refractivity contribution in [1.82, 2.24) is 10.6 Å². The summed E-state index contributed by atoms with van der Waals surface area (Å²) in [4.78, 5) is 36.7. The first kappa shape index (κ1) is 21.4. The zero-order chi connectivity index (χ0) is 21.2. The predicted molar refractivity (Wildman–Crippen MR) is 104 cm³/mol. The van der Waals surface area contributed by atoms with Crippen molar-refractivity contribution in [3.05, 3.63) is 65.7 Å². The van der Waals surface area contributed by atoms with Gasteiger partial charge in [-0.1, -0.05) is 30.3 Å². The summed E-state index contributed by atoms with van der Waals surface area (Å²) in [5.41, 5.74) is 0.868. The molecule has 0 fully saturated rings. The third-order valence-corrected chi connectivity index (χ3v) is 3.78. The molecule has 0 heterocycles. The molecule has 0 aromatic heterocycles. The molecule has 0 unspecified atom stereocenters. The molecule has 2 rings (SSSR count). The lowest BCUT2D eigenvalue weighted by atomic mass is 10.1. The molecule has 0 radical (unpaired) electrons. The number of hydrogen-bond acceptors (Lipinski definition) is 6. The number of nitrogens with one attached hydrogen (secondary N) is 2. The van der Waals surface area contributed by atoms with Gasteiger partial charge in [-0.15, -0.1) is 0 Å². The van der Waals surface area contributed by atoms with Crippen LogP contribution < -0.4 is 15.4 Å². The van der Waals surface area contributed by atoms with Gasteiger partial charge in [0.2, 0.25) is 6.10 Å². The summed E-state index contributed by atoms with van der Waals surface area (Å²) in [5, 5.41) is 13.4. The molecule has 0 aliphatic heterocycles. The van der Waals surface area contributed by atoms with Gasteiger partial charge in [0.1, 0.15) is 5.75 Å². The number of imide groups is 1. The Morgan fingerprint density at radius 1 is 1.07 bits per heavy atom. The third kappa shape index (κ3) is 6.36. The van der Waals surface area contributed by atoms with E-state index in [-0.39, 0.29) is 0 Å². The Morgan fingerprint density at radius 3 is 2.31 bits per heavy atom. The van der Waals surface area contributed by atoms with Gasteiger partial charge in [-0.2, -0.15) is 5.26 Å². The number of hydrogen-bond donors (Lipinski definition) is 2. The van der Waals surface area contributed by atoms with Gasteiger partial charge in [0.15, 0.2) is 6.10 Å². The smallest absolute Gasteiger partial charge is 0.348 e. The third-order valence-electron chi connectivity index (χ3n) is 3.78. The Morgan fingerprint density at radius 2 is 1.72 bits per heavy atom. The Balaban J connectivity index is 2.10. The van der Waals surface area contributed by atoms with E-state index in [1.165, 1.54) is 6.92 Å². The molecule has 0 saturated carbocycles. The molecule has 0 aliphatic carbocycles. The average molecular weight is 395 g/mol. The van der Waals surface area contributed by atoms with Gasteiger partial charge in [-0.05, 0) is 38.1 Å². The van der Waals surface area contributed by atoms with Crippen molar-refractivity contribution in [1.29, 1.82) is 5.26 Å². The summed E-state index contributed by atoms with van der Waals surface area (Å²) in [6.07, 6.45) is -2.34. The van der Waals surface area contributed by atoms with Gasteiger partial charge in [-0.25, -0.2) is 9.59 Å². The summed E-state index contributed by atoms with van der Waals surface area (Å²) < 4.78 is 10.9. The van der Waals surface area contributed by atoms with Crippen LogP contribution in [-0.4, -0.2) is 30.6 Å². The molecule has 0 saturated heterocycles. The number of amides is 3. The summed E-state index contributed by atoms with van der Waals surface area (Å²) >= 11 is 0. The number of rotatable bonds is 7. The highest BCUT2D eigenvalue weighted by atomic mass is 16.6. The summed E-state index contributed by atoms with van der Waals surface area (Å²) in [7, 11) is 0. The second-order valence-corrected chi connectivity index (χ2v) is 5.97. The molecule has 3 amide bonds. The second kappa shape index (κ2) is 10.5. The van der Waals surface area contributed by atoms with Crippen LogP contribution in [0.4, 0.5) is 4.79 Å². The monoisotopic (exact) mass is 395 g/mol. The SMILES string of the molecule is CCNC(=O)NC(=O)[C@H](OC(=O)[C@@H](C)Oc1ccc(C#N)cc1)c1ccccc1. The standard InChI is InChI=1S/C21H21N3O5/c1-3-23-21(27)24-19(25)18(16-7-5-4-6-8-16)29-20(26)14(2)28-17-11-9-15(13-22)10-12-17/h4-12,14,18H,3H2,1-2H3,(H2,23,24,25,27)/t14-,18-/m1/s1. The van der Waals surface area contributed by atoms with Crippen molar-refractivity contribution >= 4 is 17.9 Å². The second-order valence-electron chi connectivity index (χ2n) is 5.97. The number of nitriles is 1. The lowest BCUT2D eigenvalue weighted by Gasteiger charge is -2.20. The number of nitrogens with zero attached hydrogens (tertiary/aromatic N) is 1. The number of ether oxygens (including phenoxy) is 2. The Hall–Kier alpha value is -3.86. The fourth-order valence-corrected chi connectivity index (χ4v) is 2.36. The largest absolute Gasteiger partial charge is 0.479 e. The van der Waals surface area contributed by atoms with Crippen LogP contribution in [0.25, 0.3) is 0 Å². The Bertz CT molecular complexity index is 891. The van der Waals surface area contributed by atoms with Crippen LogP contribution in [0.2, 0.25) is 0 Å². The van der Waals surface area contributed by atoms with Crippen molar-refractivity contribution < 1.29 is 23.9 Å². The minimum Gasteiger partial charge on any atom is -0.479 e. The Kier molecular flexibility index (Phi) is 7.74. The normalized spacial score (nSPS) is 12.0. The van der Waals surface area contributed by atoms with E-state index in [0.29, 0.717) is 23.4 Å². The molecule has 0 bridgehead atoms. The highest BCUT2D eigenvalue weighted by molar-refractivity contribution is 5.97. The lowest BCUT2D eigenvalue weighted by molar-refractivity contribution is -0.162. The summed E-state index contributed by atoms with van der Waals surface area (Å²) in [5.74, 6) is -1.19. The van der Waals surface area contributed by atoms with Crippen LogP contribution in [0.5, 0.6) is 5.75 Å². The molecule has 8 nitrogen and oxygen atoms in total. The van der Waals surface area contributed by atoms with Gasteiger partial charge in [-0.3, -0.25) is 10.1 Å². The van der Waals surface area contributed by atoms with E-state index in [1.54, 1.807) is 61.5 Å². The van der Waals surface area contributed by atoms with E-state index in [9.17, 15) is 14.4 Å². The molecular formula is C21H21N3O5. The number of carbonyl (C=O) groups excluding carboxylic acids is 3. The maximum atomic E-state index is 12.5. The van der Waals surface area contributed by atoms with E-state index in [0.717, 1.165) is 0 Å². The molecule has 2 aromatic carbocycles. The van der Waals surface area contributed by atoms with Crippen molar-refractivity contribution in [2.75, 3.05) is 6.54 Å². The van der Waals surface area contributed by atoms with Crippen molar-refractivity contribution in [3.8, 4) is 11.8 Å². The molecule has 8 heteroatoms.